The van der Waals surface area contributed by atoms with Gasteiger partial charge in [-0.1, -0.05) is 0 Å². The molecule has 0 saturated carbocycles. The first kappa shape index (κ1) is 25.5. The van der Waals surface area contributed by atoms with Gasteiger partial charge in [-0.25, -0.2) is 9.37 Å². The first-order valence-corrected chi connectivity index (χ1v) is 12.7. The fourth-order valence-corrected chi connectivity index (χ4v) is 5.45. The van der Waals surface area contributed by atoms with Crippen molar-refractivity contribution in [2.24, 2.45) is 0 Å². The van der Waals surface area contributed by atoms with Crippen LogP contribution in [0.4, 0.5) is 4.39 Å². The zero-order chi connectivity index (χ0) is 25.8. The number of benzene rings is 1. The number of nitrogens with zero attached hydrogens (tertiary/aromatic N) is 3. The lowest BCUT2D eigenvalue weighted by atomic mass is 9.94. The third kappa shape index (κ3) is 5.78. The minimum Gasteiger partial charge on any atom is -0.348 e. The lowest BCUT2D eigenvalue weighted by molar-refractivity contribution is -0.133. The van der Waals surface area contributed by atoms with Crippen molar-refractivity contribution >= 4 is 29.1 Å². The van der Waals surface area contributed by atoms with E-state index in [1.807, 2.05) is 13.8 Å². The van der Waals surface area contributed by atoms with Gasteiger partial charge in [-0.3, -0.25) is 19.5 Å². The summed E-state index contributed by atoms with van der Waals surface area (Å²) in [6.07, 6.45) is 3.03. The van der Waals surface area contributed by atoms with Crippen LogP contribution in [0.5, 0.6) is 0 Å². The molecule has 1 aliphatic rings. The number of carbonyl (C=O) groups excluding carboxylic acids is 3. The number of piperidine rings is 1. The molecule has 3 aromatic rings. The molecular formula is C25H29FN6O3S. The summed E-state index contributed by atoms with van der Waals surface area (Å²) in [4.78, 5) is 44.0. The second-order valence-corrected chi connectivity index (χ2v) is 10.1. The van der Waals surface area contributed by atoms with Crippen LogP contribution in [0.15, 0.2) is 30.5 Å². The van der Waals surface area contributed by atoms with E-state index in [4.69, 9.17) is 4.98 Å². The Morgan fingerprint density at radius 2 is 1.89 bits per heavy atom. The number of rotatable bonds is 7. The Balaban J connectivity index is 1.60. The molecule has 0 unspecified atom stereocenters. The van der Waals surface area contributed by atoms with Gasteiger partial charge in [0.05, 0.1) is 24.0 Å². The number of thiazole rings is 1. The number of carbonyl (C=O) groups is 3. The summed E-state index contributed by atoms with van der Waals surface area (Å²) >= 11 is 1.45. The lowest BCUT2D eigenvalue weighted by Gasteiger charge is -2.31. The molecule has 1 aromatic carbocycles. The van der Waals surface area contributed by atoms with Gasteiger partial charge >= 0.3 is 0 Å². The van der Waals surface area contributed by atoms with Gasteiger partial charge in [0.25, 0.3) is 5.91 Å². The third-order valence-electron chi connectivity index (χ3n) is 6.00. The van der Waals surface area contributed by atoms with Crippen molar-refractivity contribution in [1.29, 1.82) is 0 Å². The topological polar surface area (TPSA) is 120 Å². The second kappa shape index (κ2) is 11.0. The summed E-state index contributed by atoms with van der Waals surface area (Å²) in [5.74, 6) is -0.858. The standard InChI is InChI=1S/C25H29FN6O3S/c1-14(2)29-24(35)22-23(17-8-10-32(11-9-17)20(34)13-27-15(3)33)36-25(30-22)19-12-28-31-21(19)16-4-6-18(26)7-5-16/h4-7,12,14,17H,8-11,13H2,1-3H3,(H,27,33)(H,28,31)(H,29,35). The van der Waals surface area contributed by atoms with E-state index >= 15 is 0 Å². The minimum atomic E-state index is -0.328. The van der Waals surface area contributed by atoms with Crippen molar-refractivity contribution in [3.63, 3.8) is 0 Å². The molecule has 11 heteroatoms. The fourth-order valence-electron chi connectivity index (χ4n) is 4.20. The maximum Gasteiger partial charge on any atom is 0.271 e. The van der Waals surface area contributed by atoms with E-state index in [2.05, 4.69) is 20.8 Å². The molecule has 3 N–H and O–H groups in total. The lowest BCUT2D eigenvalue weighted by Crippen LogP contribution is -2.43. The largest absolute Gasteiger partial charge is 0.348 e. The fraction of sp³-hybridized carbons (Fsp3) is 0.400. The van der Waals surface area contributed by atoms with Gasteiger partial charge in [0.2, 0.25) is 11.8 Å². The average molecular weight is 513 g/mol. The smallest absolute Gasteiger partial charge is 0.271 e. The molecular weight excluding hydrogens is 483 g/mol. The van der Waals surface area contributed by atoms with E-state index in [9.17, 15) is 18.8 Å². The van der Waals surface area contributed by atoms with Gasteiger partial charge in [0.15, 0.2) is 0 Å². The van der Waals surface area contributed by atoms with Crippen LogP contribution in [0.1, 0.15) is 54.9 Å². The minimum absolute atomic E-state index is 0.0145. The summed E-state index contributed by atoms with van der Waals surface area (Å²) in [5.41, 5.74) is 2.58. The Kier molecular flexibility index (Phi) is 7.78. The molecule has 0 radical (unpaired) electrons. The van der Waals surface area contributed by atoms with Gasteiger partial charge in [0.1, 0.15) is 16.5 Å². The molecule has 1 saturated heterocycles. The Bertz CT molecular complexity index is 1240. The number of likely N-dealkylation sites (tertiary alicyclic amines) is 1. The molecule has 2 aromatic heterocycles. The molecule has 190 valence electrons. The highest BCUT2D eigenvalue weighted by atomic mass is 32.1. The highest BCUT2D eigenvalue weighted by molar-refractivity contribution is 7.15. The Morgan fingerprint density at radius 3 is 2.53 bits per heavy atom. The van der Waals surface area contributed by atoms with Gasteiger partial charge in [-0.05, 0) is 56.9 Å². The monoisotopic (exact) mass is 512 g/mol. The maximum absolute atomic E-state index is 13.4. The molecule has 0 spiro atoms. The number of hydrogen-bond acceptors (Lipinski definition) is 6. The first-order valence-electron chi connectivity index (χ1n) is 11.9. The van der Waals surface area contributed by atoms with E-state index < -0.39 is 0 Å². The molecule has 1 fully saturated rings. The van der Waals surface area contributed by atoms with Gasteiger partial charge in [-0.2, -0.15) is 5.10 Å². The second-order valence-electron chi connectivity index (χ2n) is 9.09. The van der Waals surface area contributed by atoms with Crippen molar-refractivity contribution in [2.45, 2.75) is 45.6 Å². The van der Waals surface area contributed by atoms with Crippen LogP contribution in [0.2, 0.25) is 0 Å². The zero-order valence-corrected chi connectivity index (χ0v) is 21.2. The van der Waals surface area contributed by atoms with Gasteiger partial charge in [0, 0.05) is 36.5 Å². The summed E-state index contributed by atoms with van der Waals surface area (Å²) in [7, 11) is 0. The molecule has 9 nitrogen and oxygen atoms in total. The average Bonchev–Trinajstić information content (AvgIpc) is 3.50. The van der Waals surface area contributed by atoms with E-state index in [0.717, 1.165) is 16.0 Å². The van der Waals surface area contributed by atoms with E-state index in [-0.39, 0.29) is 42.0 Å². The normalized spacial score (nSPS) is 14.2. The van der Waals surface area contributed by atoms with Crippen LogP contribution in [0.25, 0.3) is 21.8 Å². The number of hydrogen-bond donors (Lipinski definition) is 3. The molecule has 3 amide bonds. The number of aromatic nitrogens is 3. The summed E-state index contributed by atoms with van der Waals surface area (Å²) in [6.45, 7) is 6.23. The molecule has 3 heterocycles. The van der Waals surface area contributed by atoms with Crippen molar-refractivity contribution in [2.75, 3.05) is 19.6 Å². The Hall–Kier alpha value is -3.60. The van der Waals surface area contributed by atoms with Crippen molar-refractivity contribution in [3.8, 4) is 21.8 Å². The van der Waals surface area contributed by atoms with Crippen LogP contribution >= 0.6 is 11.3 Å². The number of H-pyrrole nitrogens is 1. The van der Waals surface area contributed by atoms with Gasteiger partial charge < -0.3 is 15.5 Å². The summed E-state index contributed by atoms with van der Waals surface area (Å²) in [5, 5.41) is 13.3. The number of nitrogens with one attached hydrogen (secondary N) is 3. The van der Waals surface area contributed by atoms with E-state index in [0.29, 0.717) is 42.3 Å². The quantitative estimate of drug-likeness (QED) is 0.449. The van der Waals surface area contributed by atoms with E-state index in [1.165, 1.54) is 30.4 Å². The van der Waals surface area contributed by atoms with Gasteiger partial charge in [-0.15, -0.1) is 11.3 Å². The van der Waals surface area contributed by atoms with Crippen molar-refractivity contribution < 1.29 is 18.8 Å². The number of amides is 3. The van der Waals surface area contributed by atoms with Crippen LogP contribution in [0.3, 0.4) is 0 Å². The molecule has 36 heavy (non-hydrogen) atoms. The maximum atomic E-state index is 13.4. The van der Waals surface area contributed by atoms with Crippen LogP contribution in [0, 0.1) is 5.82 Å². The Labute approximate surface area is 212 Å². The van der Waals surface area contributed by atoms with Crippen LogP contribution in [-0.2, 0) is 9.59 Å². The summed E-state index contributed by atoms with van der Waals surface area (Å²) in [6, 6.07) is 6.06. The predicted molar refractivity (Wildman–Crippen MR) is 135 cm³/mol. The highest BCUT2D eigenvalue weighted by Gasteiger charge is 2.31. The predicted octanol–water partition coefficient (Wildman–Crippen LogP) is 3.32. The zero-order valence-electron chi connectivity index (χ0n) is 20.4. The van der Waals surface area contributed by atoms with Crippen molar-refractivity contribution in [1.82, 2.24) is 30.7 Å². The molecule has 0 bridgehead atoms. The number of halogens is 1. The highest BCUT2D eigenvalue weighted by Crippen LogP contribution is 2.40. The third-order valence-corrected chi connectivity index (χ3v) is 7.25. The Morgan fingerprint density at radius 1 is 1.19 bits per heavy atom. The van der Waals surface area contributed by atoms with Crippen molar-refractivity contribution in [3.05, 3.63) is 46.9 Å². The molecule has 0 aliphatic carbocycles. The van der Waals surface area contributed by atoms with Crippen LogP contribution < -0.4 is 10.6 Å². The first-order chi connectivity index (χ1) is 17.2. The number of aromatic amines is 1. The molecule has 0 atom stereocenters. The summed E-state index contributed by atoms with van der Waals surface area (Å²) < 4.78 is 13.4. The SMILES string of the molecule is CC(=O)NCC(=O)N1CCC(c2sc(-c3cn[nH]c3-c3ccc(F)cc3)nc2C(=O)NC(C)C)CC1. The molecule has 1 aliphatic heterocycles. The molecule has 4 rings (SSSR count). The van der Waals surface area contributed by atoms with E-state index in [1.54, 1.807) is 23.2 Å². The van der Waals surface area contributed by atoms with Crippen LogP contribution in [-0.4, -0.2) is 63.5 Å².